The first-order valence-electron chi connectivity index (χ1n) is 5.34. The normalized spacial score (nSPS) is 10.5. The van der Waals surface area contributed by atoms with Gasteiger partial charge in [-0.1, -0.05) is 12.1 Å². The highest BCUT2D eigenvalue weighted by atomic mass is 79.9. The number of anilines is 1. The molecule has 0 unspecified atom stereocenters. The fourth-order valence-electron chi connectivity index (χ4n) is 1.55. The summed E-state index contributed by atoms with van der Waals surface area (Å²) >= 11 is 2.86. The maximum Gasteiger partial charge on any atom is 0.165 e. The molecule has 0 fully saturated rings. The van der Waals surface area contributed by atoms with Crippen LogP contribution in [0.4, 0.5) is 18.9 Å². The number of rotatable bonds is 3. The molecule has 0 spiro atoms. The van der Waals surface area contributed by atoms with Crippen molar-refractivity contribution < 1.29 is 18.3 Å². The minimum absolute atomic E-state index is 0.0177. The first kappa shape index (κ1) is 13.7. The summed E-state index contributed by atoms with van der Waals surface area (Å²) in [6.07, 6.45) is 0. The van der Waals surface area contributed by atoms with Crippen molar-refractivity contribution in [2.75, 3.05) is 5.32 Å². The molecule has 2 aromatic rings. The first-order valence-corrected chi connectivity index (χ1v) is 6.13. The maximum absolute atomic E-state index is 13.5. The lowest BCUT2D eigenvalue weighted by molar-refractivity contribution is 0.426. The highest BCUT2D eigenvalue weighted by molar-refractivity contribution is 9.10. The third-order valence-corrected chi connectivity index (χ3v) is 3.16. The number of para-hydroxylation sites is 1. The van der Waals surface area contributed by atoms with E-state index in [1.165, 1.54) is 12.1 Å². The first-order chi connectivity index (χ1) is 8.99. The van der Waals surface area contributed by atoms with Crippen molar-refractivity contribution in [1.29, 1.82) is 0 Å². The van der Waals surface area contributed by atoms with Gasteiger partial charge in [0.1, 0.15) is 11.6 Å². The SMILES string of the molecule is Oc1c(F)cccc1CNc1cc(F)c(Br)cc1F. The Morgan fingerprint density at radius 2 is 1.79 bits per heavy atom. The Kier molecular flexibility index (Phi) is 3.99. The molecule has 19 heavy (non-hydrogen) atoms. The molecule has 100 valence electrons. The second-order valence-corrected chi connectivity index (χ2v) is 4.70. The third kappa shape index (κ3) is 3.01. The lowest BCUT2D eigenvalue weighted by atomic mass is 10.2. The summed E-state index contributed by atoms with van der Waals surface area (Å²) in [4.78, 5) is 0. The summed E-state index contributed by atoms with van der Waals surface area (Å²) in [7, 11) is 0. The van der Waals surface area contributed by atoms with Crippen LogP contribution in [-0.2, 0) is 6.54 Å². The van der Waals surface area contributed by atoms with E-state index in [0.717, 1.165) is 18.2 Å². The van der Waals surface area contributed by atoms with Crippen molar-refractivity contribution in [3.63, 3.8) is 0 Å². The standard InChI is InChI=1S/C13H9BrF3NO/c14-8-4-11(17)12(5-10(8)16)18-6-7-2-1-3-9(15)13(7)19/h1-5,18-19H,6H2. The van der Waals surface area contributed by atoms with E-state index in [1.807, 2.05) is 0 Å². The highest BCUT2D eigenvalue weighted by Gasteiger charge is 2.10. The average Bonchev–Trinajstić information content (AvgIpc) is 2.37. The molecule has 0 saturated heterocycles. The Balaban J connectivity index is 2.19. The lowest BCUT2D eigenvalue weighted by Crippen LogP contribution is -2.03. The Bertz CT molecular complexity index is 619. The molecule has 0 aliphatic carbocycles. The topological polar surface area (TPSA) is 32.3 Å². The summed E-state index contributed by atoms with van der Waals surface area (Å²) in [6.45, 7) is -0.0262. The van der Waals surface area contributed by atoms with Crippen LogP contribution in [0.25, 0.3) is 0 Å². The summed E-state index contributed by atoms with van der Waals surface area (Å²) in [6, 6.07) is 5.99. The fraction of sp³-hybridized carbons (Fsp3) is 0.0769. The van der Waals surface area contributed by atoms with Crippen molar-refractivity contribution in [2.45, 2.75) is 6.54 Å². The Hall–Kier alpha value is -1.69. The minimum Gasteiger partial charge on any atom is -0.505 e. The van der Waals surface area contributed by atoms with E-state index >= 15 is 0 Å². The van der Waals surface area contributed by atoms with Crippen LogP contribution < -0.4 is 5.32 Å². The van der Waals surface area contributed by atoms with Crippen molar-refractivity contribution in [3.05, 3.63) is 57.8 Å². The highest BCUT2D eigenvalue weighted by Crippen LogP contribution is 2.25. The van der Waals surface area contributed by atoms with Crippen LogP contribution in [0.1, 0.15) is 5.56 Å². The van der Waals surface area contributed by atoms with E-state index in [9.17, 15) is 18.3 Å². The predicted molar refractivity (Wildman–Crippen MR) is 69.4 cm³/mol. The van der Waals surface area contributed by atoms with Crippen LogP contribution in [-0.4, -0.2) is 5.11 Å². The molecule has 0 heterocycles. The molecule has 0 aliphatic heterocycles. The molecule has 0 radical (unpaired) electrons. The molecule has 2 rings (SSSR count). The Labute approximate surface area is 116 Å². The number of nitrogens with one attached hydrogen (secondary N) is 1. The molecule has 2 N–H and O–H groups in total. The van der Waals surface area contributed by atoms with E-state index in [-0.39, 0.29) is 22.3 Å². The van der Waals surface area contributed by atoms with Crippen LogP contribution in [0.3, 0.4) is 0 Å². The smallest absolute Gasteiger partial charge is 0.165 e. The van der Waals surface area contributed by atoms with E-state index in [4.69, 9.17) is 0 Å². The second kappa shape index (κ2) is 5.52. The van der Waals surface area contributed by atoms with E-state index in [2.05, 4.69) is 21.2 Å². The third-order valence-electron chi connectivity index (χ3n) is 2.55. The Morgan fingerprint density at radius 3 is 2.53 bits per heavy atom. The van der Waals surface area contributed by atoms with Crippen LogP contribution >= 0.6 is 15.9 Å². The largest absolute Gasteiger partial charge is 0.505 e. The lowest BCUT2D eigenvalue weighted by Gasteiger charge is -2.10. The van der Waals surface area contributed by atoms with Crippen molar-refractivity contribution in [1.82, 2.24) is 0 Å². The molecule has 0 aromatic heterocycles. The Morgan fingerprint density at radius 1 is 1.05 bits per heavy atom. The van der Waals surface area contributed by atoms with Gasteiger partial charge in [-0.15, -0.1) is 0 Å². The van der Waals surface area contributed by atoms with E-state index in [0.29, 0.717) is 0 Å². The van der Waals surface area contributed by atoms with E-state index < -0.39 is 23.2 Å². The van der Waals surface area contributed by atoms with Gasteiger partial charge >= 0.3 is 0 Å². The van der Waals surface area contributed by atoms with Gasteiger partial charge in [-0.05, 0) is 28.1 Å². The number of hydrogen-bond acceptors (Lipinski definition) is 2. The number of aromatic hydroxyl groups is 1. The number of hydrogen-bond donors (Lipinski definition) is 2. The molecule has 2 aromatic carbocycles. The second-order valence-electron chi connectivity index (χ2n) is 3.85. The number of benzene rings is 2. The minimum atomic E-state index is -0.762. The predicted octanol–water partition coefficient (Wildman–Crippen LogP) is 4.18. The maximum atomic E-state index is 13.5. The molecule has 0 aliphatic rings. The van der Waals surface area contributed by atoms with Gasteiger partial charge < -0.3 is 10.4 Å². The van der Waals surface area contributed by atoms with Crippen LogP contribution in [0, 0.1) is 17.5 Å². The van der Waals surface area contributed by atoms with Gasteiger partial charge in [-0.3, -0.25) is 0 Å². The van der Waals surface area contributed by atoms with Crippen LogP contribution in [0.5, 0.6) is 5.75 Å². The quantitative estimate of drug-likeness (QED) is 0.827. The summed E-state index contributed by atoms with van der Waals surface area (Å²) in [5, 5.41) is 12.1. The number of halogens is 4. The van der Waals surface area contributed by atoms with Gasteiger partial charge in [0.2, 0.25) is 0 Å². The summed E-state index contributed by atoms with van der Waals surface area (Å²) in [5.41, 5.74) is 0.187. The van der Waals surface area contributed by atoms with Crippen LogP contribution in [0.2, 0.25) is 0 Å². The molecule has 0 saturated carbocycles. The molecule has 2 nitrogen and oxygen atoms in total. The molecule has 6 heteroatoms. The van der Waals surface area contributed by atoms with Gasteiger partial charge in [0.15, 0.2) is 11.6 Å². The van der Waals surface area contributed by atoms with Crippen molar-refractivity contribution >= 4 is 21.6 Å². The van der Waals surface area contributed by atoms with E-state index in [1.54, 1.807) is 0 Å². The zero-order valence-electron chi connectivity index (χ0n) is 9.55. The number of phenolic OH excluding ortho intramolecular Hbond substituents is 1. The van der Waals surface area contributed by atoms with Crippen molar-refractivity contribution in [2.24, 2.45) is 0 Å². The zero-order chi connectivity index (χ0) is 14.0. The molecular formula is C13H9BrF3NO. The van der Waals surface area contributed by atoms with Crippen LogP contribution in [0.15, 0.2) is 34.8 Å². The molecular weight excluding hydrogens is 323 g/mol. The summed E-state index contributed by atoms with van der Waals surface area (Å²) < 4.78 is 39.9. The van der Waals surface area contributed by atoms with Crippen molar-refractivity contribution in [3.8, 4) is 5.75 Å². The van der Waals surface area contributed by atoms with Gasteiger partial charge in [-0.2, -0.15) is 0 Å². The summed E-state index contributed by atoms with van der Waals surface area (Å²) in [5.74, 6) is -2.54. The van der Waals surface area contributed by atoms with Gasteiger partial charge in [-0.25, -0.2) is 13.2 Å². The molecule has 0 atom stereocenters. The molecule has 0 amide bonds. The monoisotopic (exact) mass is 331 g/mol. The average molecular weight is 332 g/mol. The van der Waals surface area contributed by atoms with Gasteiger partial charge in [0.05, 0.1) is 10.2 Å². The van der Waals surface area contributed by atoms with Gasteiger partial charge in [0.25, 0.3) is 0 Å². The number of phenols is 1. The molecule has 0 bridgehead atoms. The fourth-order valence-corrected chi connectivity index (χ4v) is 1.87. The van der Waals surface area contributed by atoms with Gasteiger partial charge in [0, 0.05) is 18.2 Å². The zero-order valence-corrected chi connectivity index (χ0v) is 11.1.